The Bertz CT molecular complexity index is 253. The maximum atomic E-state index is 5.02. The molecule has 0 aromatic carbocycles. The fourth-order valence-electron chi connectivity index (χ4n) is 0.698. The Morgan fingerprint density at radius 2 is 2.40 bits per heavy atom. The van der Waals surface area contributed by atoms with E-state index in [-0.39, 0.29) is 0 Å². The first-order valence-electron chi connectivity index (χ1n) is 2.78. The average Bonchev–Trinajstić information content (AvgIpc) is 2.59. The number of hydrogen-bond donors (Lipinski definition) is 0. The van der Waals surface area contributed by atoms with E-state index < -0.39 is 0 Å². The highest BCUT2D eigenvalue weighted by molar-refractivity contribution is 5.48. The molecule has 4 nitrogen and oxygen atoms in total. The van der Waals surface area contributed by atoms with Gasteiger partial charge in [0.25, 0.3) is 0 Å². The molecule has 4 heteroatoms. The topological polar surface area (TPSA) is 52.1 Å². The van der Waals surface area contributed by atoms with Gasteiger partial charge in [-0.2, -0.15) is 0 Å². The third-order valence-corrected chi connectivity index (χ3v) is 1.13. The van der Waals surface area contributed by atoms with E-state index in [1.807, 2.05) is 0 Å². The van der Waals surface area contributed by atoms with Crippen molar-refractivity contribution < 1.29 is 9.05 Å². The van der Waals surface area contributed by atoms with E-state index in [1.165, 1.54) is 6.20 Å². The molecule has 10 heavy (non-hydrogen) atoms. The molecule has 2 aromatic rings. The molecule has 2 rings (SSSR count). The van der Waals surface area contributed by atoms with Crippen LogP contribution in [0.25, 0.3) is 11.5 Å². The summed E-state index contributed by atoms with van der Waals surface area (Å²) in [6, 6.07) is 3.57. The van der Waals surface area contributed by atoms with Gasteiger partial charge in [-0.25, -0.2) is 4.63 Å². The van der Waals surface area contributed by atoms with Gasteiger partial charge in [-0.3, -0.25) is 0 Å². The van der Waals surface area contributed by atoms with Crippen molar-refractivity contribution >= 4 is 0 Å². The molecule has 0 saturated carbocycles. The fraction of sp³-hybridized carbons (Fsp3) is 0. The van der Waals surface area contributed by atoms with E-state index in [0.29, 0.717) is 11.5 Å². The predicted octanol–water partition coefficient (Wildman–Crippen LogP) is 1.33. The van der Waals surface area contributed by atoms with Gasteiger partial charge in [0.1, 0.15) is 6.20 Å². The van der Waals surface area contributed by atoms with Crippen molar-refractivity contribution in [3.8, 4) is 11.5 Å². The van der Waals surface area contributed by atoms with Crippen LogP contribution in [0.5, 0.6) is 0 Å². The molecule has 0 radical (unpaired) electrons. The molecule has 0 N–H and O–H groups in total. The highest BCUT2D eigenvalue weighted by Gasteiger charge is 2.02. The first-order valence-corrected chi connectivity index (χ1v) is 2.78. The largest absolute Gasteiger partial charge is 0.463 e. The van der Waals surface area contributed by atoms with Gasteiger partial charge in [-0.1, -0.05) is 5.16 Å². The quantitative estimate of drug-likeness (QED) is 0.593. The highest BCUT2D eigenvalue weighted by atomic mass is 16.6. The minimum Gasteiger partial charge on any atom is -0.463 e. The molecule has 0 aliphatic heterocycles. The maximum absolute atomic E-state index is 5.02. The minimum absolute atomic E-state index is 0.616. The standard InChI is InChI=1S/C6H4N2O2/c1-2-6(9-3-1)5-4-7-10-8-5/h1-4H. The zero-order valence-electron chi connectivity index (χ0n) is 5.02. The van der Waals surface area contributed by atoms with E-state index in [2.05, 4.69) is 14.9 Å². The first-order chi connectivity index (χ1) is 4.97. The molecular weight excluding hydrogens is 132 g/mol. The molecule has 50 valence electrons. The molecule has 2 aromatic heterocycles. The SMILES string of the molecule is c1coc(-c2cnon2)c1. The van der Waals surface area contributed by atoms with Crippen LogP contribution in [0.3, 0.4) is 0 Å². The van der Waals surface area contributed by atoms with Gasteiger partial charge in [-0.15, -0.1) is 0 Å². The molecule has 0 aliphatic rings. The van der Waals surface area contributed by atoms with Gasteiger partial charge in [-0.05, 0) is 17.3 Å². The van der Waals surface area contributed by atoms with Gasteiger partial charge < -0.3 is 4.42 Å². The van der Waals surface area contributed by atoms with Crippen LogP contribution in [0, 0.1) is 0 Å². The summed E-state index contributed by atoms with van der Waals surface area (Å²) in [4.78, 5) is 0. The summed E-state index contributed by atoms with van der Waals surface area (Å²) in [5.74, 6) is 0.668. The number of furan rings is 1. The lowest BCUT2D eigenvalue weighted by atomic mass is 10.4. The van der Waals surface area contributed by atoms with E-state index in [0.717, 1.165) is 0 Å². The molecule has 0 atom stereocenters. The summed E-state index contributed by atoms with van der Waals surface area (Å²) >= 11 is 0. The van der Waals surface area contributed by atoms with Crippen molar-refractivity contribution in [2.24, 2.45) is 0 Å². The molecule has 0 spiro atoms. The zero-order chi connectivity index (χ0) is 6.81. The minimum atomic E-state index is 0.616. The van der Waals surface area contributed by atoms with Crippen LogP contribution in [-0.2, 0) is 0 Å². The van der Waals surface area contributed by atoms with Gasteiger partial charge in [0.2, 0.25) is 0 Å². The first kappa shape index (κ1) is 5.22. The van der Waals surface area contributed by atoms with Crippen LogP contribution in [0.2, 0.25) is 0 Å². The number of nitrogens with zero attached hydrogens (tertiary/aromatic N) is 2. The second-order valence-corrected chi connectivity index (χ2v) is 1.77. The lowest BCUT2D eigenvalue weighted by molar-refractivity contribution is 0.307. The third-order valence-electron chi connectivity index (χ3n) is 1.13. The van der Waals surface area contributed by atoms with Crippen molar-refractivity contribution in [1.29, 1.82) is 0 Å². The van der Waals surface area contributed by atoms with Gasteiger partial charge >= 0.3 is 0 Å². The van der Waals surface area contributed by atoms with Crippen LogP contribution in [0.1, 0.15) is 0 Å². The second kappa shape index (κ2) is 1.98. The fourth-order valence-corrected chi connectivity index (χ4v) is 0.698. The molecule has 0 fully saturated rings. The van der Waals surface area contributed by atoms with E-state index in [9.17, 15) is 0 Å². The van der Waals surface area contributed by atoms with E-state index >= 15 is 0 Å². The summed E-state index contributed by atoms with van der Waals surface area (Å²) in [7, 11) is 0. The van der Waals surface area contributed by atoms with Crippen molar-refractivity contribution in [3.63, 3.8) is 0 Å². The van der Waals surface area contributed by atoms with Gasteiger partial charge in [0, 0.05) is 0 Å². The second-order valence-electron chi connectivity index (χ2n) is 1.77. The van der Waals surface area contributed by atoms with Crippen molar-refractivity contribution in [2.75, 3.05) is 0 Å². The summed E-state index contributed by atoms with van der Waals surface area (Å²) in [5, 5.41) is 7.01. The van der Waals surface area contributed by atoms with Gasteiger partial charge in [0.05, 0.1) is 6.26 Å². The van der Waals surface area contributed by atoms with Crippen LogP contribution < -0.4 is 0 Å². The average molecular weight is 136 g/mol. The molecule has 2 heterocycles. The number of rotatable bonds is 1. The van der Waals surface area contributed by atoms with E-state index in [4.69, 9.17) is 4.42 Å². The summed E-state index contributed by atoms with van der Waals surface area (Å²) < 4.78 is 9.39. The highest BCUT2D eigenvalue weighted by Crippen LogP contribution is 2.14. The Hall–Kier alpha value is -1.58. The Morgan fingerprint density at radius 1 is 1.40 bits per heavy atom. The smallest absolute Gasteiger partial charge is 0.170 e. The van der Waals surface area contributed by atoms with Crippen LogP contribution in [0.4, 0.5) is 0 Å². The van der Waals surface area contributed by atoms with Crippen molar-refractivity contribution in [1.82, 2.24) is 10.3 Å². The van der Waals surface area contributed by atoms with Crippen LogP contribution in [-0.4, -0.2) is 10.3 Å². The lowest BCUT2D eigenvalue weighted by Gasteiger charge is -1.80. The monoisotopic (exact) mass is 136 g/mol. The Balaban J connectivity index is 2.48. The number of aromatic nitrogens is 2. The Morgan fingerprint density at radius 3 is 3.00 bits per heavy atom. The summed E-state index contributed by atoms with van der Waals surface area (Å²) in [5.41, 5.74) is 0.616. The van der Waals surface area contributed by atoms with Crippen molar-refractivity contribution in [3.05, 3.63) is 24.6 Å². The Kier molecular flexibility index (Phi) is 1.04. The van der Waals surface area contributed by atoms with Crippen LogP contribution in [0.15, 0.2) is 33.6 Å². The van der Waals surface area contributed by atoms with Crippen LogP contribution >= 0.6 is 0 Å². The normalized spacial score (nSPS) is 10.0. The third kappa shape index (κ3) is 0.699. The molecule has 0 amide bonds. The zero-order valence-corrected chi connectivity index (χ0v) is 5.02. The number of hydrogen-bond acceptors (Lipinski definition) is 4. The summed E-state index contributed by atoms with van der Waals surface area (Å²) in [6.07, 6.45) is 3.07. The van der Waals surface area contributed by atoms with E-state index in [1.54, 1.807) is 18.4 Å². The molecule has 0 aliphatic carbocycles. The molecule has 0 saturated heterocycles. The Labute approximate surface area is 56.4 Å². The molecule has 0 unspecified atom stereocenters. The molecule has 0 bridgehead atoms. The van der Waals surface area contributed by atoms with Crippen molar-refractivity contribution in [2.45, 2.75) is 0 Å². The lowest BCUT2D eigenvalue weighted by Crippen LogP contribution is -1.68. The molecular formula is C6H4N2O2. The predicted molar refractivity (Wildman–Crippen MR) is 32.0 cm³/mol. The van der Waals surface area contributed by atoms with Gasteiger partial charge in [0.15, 0.2) is 11.5 Å². The maximum Gasteiger partial charge on any atom is 0.170 e. The summed E-state index contributed by atoms with van der Waals surface area (Å²) in [6.45, 7) is 0.